The first kappa shape index (κ1) is 15.8. The molecule has 0 spiro atoms. The van der Waals surface area contributed by atoms with Crippen molar-refractivity contribution in [2.45, 2.75) is 12.3 Å². The van der Waals surface area contributed by atoms with Crippen LogP contribution in [0.4, 0.5) is 0 Å². The molecule has 5 heteroatoms. The highest BCUT2D eigenvalue weighted by molar-refractivity contribution is 9.10. The fourth-order valence-corrected chi connectivity index (χ4v) is 2.11. The molecule has 1 aromatic rings. The van der Waals surface area contributed by atoms with Gasteiger partial charge in [0.05, 0.1) is 19.8 Å². The van der Waals surface area contributed by atoms with Crippen molar-refractivity contribution >= 4 is 27.5 Å². The van der Waals surface area contributed by atoms with E-state index in [1.165, 1.54) is 0 Å². The number of rotatable bonds is 9. The van der Waals surface area contributed by atoms with Crippen LogP contribution in [0.25, 0.3) is 0 Å². The minimum absolute atomic E-state index is 0.470. The highest BCUT2D eigenvalue weighted by atomic mass is 79.9. The maximum absolute atomic E-state index is 5.82. The van der Waals surface area contributed by atoms with Gasteiger partial charge in [0.15, 0.2) is 0 Å². The molecule has 0 radical (unpaired) electrons. The van der Waals surface area contributed by atoms with Gasteiger partial charge in [0.25, 0.3) is 0 Å². The number of hydrogen-bond donors (Lipinski definition) is 0. The number of alkyl halides is 1. The van der Waals surface area contributed by atoms with E-state index in [2.05, 4.69) is 15.9 Å². The standard InChI is InChI=1S/C13H18BrClO3/c1-16-7-8-17-5-2-6-18-12-3-4-13(14)11(9-12)10-15/h3-4,9H,2,5-8,10H2,1H3. The van der Waals surface area contributed by atoms with E-state index in [1.807, 2.05) is 18.2 Å². The van der Waals surface area contributed by atoms with Gasteiger partial charge in [-0.2, -0.15) is 0 Å². The molecule has 0 heterocycles. The van der Waals surface area contributed by atoms with Crippen LogP contribution >= 0.6 is 27.5 Å². The molecule has 18 heavy (non-hydrogen) atoms. The van der Waals surface area contributed by atoms with Crippen molar-refractivity contribution in [2.24, 2.45) is 0 Å². The number of ether oxygens (including phenoxy) is 3. The van der Waals surface area contributed by atoms with Crippen LogP contribution < -0.4 is 4.74 Å². The molecule has 0 bridgehead atoms. The number of methoxy groups -OCH3 is 1. The fraction of sp³-hybridized carbons (Fsp3) is 0.538. The lowest BCUT2D eigenvalue weighted by molar-refractivity contribution is 0.0644. The van der Waals surface area contributed by atoms with Crippen molar-refractivity contribution in [3.05, 3.63) is 28.2 Å². The monoisotopic (exact) mass is 336 g/mol. The Hall–Kier alpha value is -0.290. The van der Waals surface area contributed by atoms with Gasteiger partial charge in [-0.3, -0.25) is 0 Å². The third-order valence-electron chi connectivity index (χ3n) is 2.29. The molecule has 0 saturated heterocycles. The van der Waals surface area contributed by atoms with Crippen LogP contribution in [0.5, 0.6) is 5.75 Å². The highest BCUT2D eigenvalue weighted by Gasteiger charge is 2.01. The van der Waals surface area contributed by atoms with E-state index in [1.54, 1.807) is 7.11 Å². The molecule has 0 N–H and O–H groups in total. The van der Waals surface area contributed by atoms with Gasteiger partial charge in [-0.15, -0.1) is 11.6 Å². The van der Waals surface area contributed by atoms with E-state index in [9.17, 15) is 0 Å². The summed E-state index contributed by atoms with van der Waals surface area (Å²) in [6.07, 6.45) is 0.857. The van der Waals surface area contributed by atoms with Crippen LogP contribution in [0.15, 0.2) is 22.7 Å². The molecule has 0 aliphatic rings. The lowest BCUT2D eigenvalue weighted by Crippen LogP contribution is -2.06. The van der Waals surface area contributed by atoms with E-state index in [4.69, 9.17) is 25.8 Å². The summed E-state index contributed by atoms with van der Waals surface area (Å²) in [4.78, 5) is 0. The summed E-state index contributed by atoms with van der Waals surface area (Å²) in [7, 11) is 1.66. The lowest BCUT2D eigenvalue weighted by Gasteiger charge is -2.08. The van der Waals surface area contributed by atoms with Crippen LogP contribution in [0.3, 0.4) is 0 Å². The van der Waals surface area contributed by atoms with Crippen LogP contribution in [-0.4, -0.2) is 33.5 Å². The average molecular weight is 338 g/mol. The predicted octanol–water partition coefficient (Wildman–Crippen LogP) is 3.62. The van der Waals surface area contributed by atoms with Gasteiger partial charge in [-0.05, 0) is 23.8 Å². The van der Waals surface area contributed by atoms with Crippen molar-refractivity contribution in [3.8, 4) is 5.75 Å². The molecule has 0 aliphatic carbocycles. The summed E-state index contributed by atoms with van der Waals surface area (Å²) >= 11 is 9.25. The van der Waals surface area contributed by atoms with E-state index >= 15 is 0 Å². The molecule has 0 saturated carbocycles. The zero-order chi connectivity index (χ0) is 13.2. The molecule has 1 rings (SSSR count). The molecule has 0 fully saturated rings. The highest BCUT2D eigenvalue weighted by Crippen LogP contribution is 2.24. The Morgan fingerprint density at radius 2 is 2.00 bits per heavy atom. The zero-order valence-electron chi connectivity index (χ0n) is 10.5. The average Bonchev–Trinajstić information content (AvgIpc) is 2.39. The van der Waals surface area contributed by atoms with Crippen LogP contribution in [-0.2, 0) is 15.4 Å². The summed E-state index contributed by atoms with van der Waals surface area (Å²) in [5.41, 5.74) is 1.03. The van der Waals surface area contributed by atoms with Crippen LogP contribution in [0.2, 0.25) is 0 Å². The molecule has 3 nitrogen and oxygen atoms in total. The van der Waals surface area contributed by atoms with Crippen LogP contribution in [0.1, 0.15) is 12.0 Å². The van der Waals surface area contributed by atoms with Gasteiger partial charge in [0.2, 0.25) is 0 Å². The second kappa shape index (κ2) is 9.62. The third-order valence-corrected chi connectivity index (χ3v) is 3.36. The second-order valence-corrected chi connectivity index (χ2v) is 4.82. The van der Waals surface area contributed by atoms with Gasteiger partial charge < -0.3 is 14.2 Å². The molecule has 0 aliphatic heterocycles. The largest absolute Gasteiger partial charge is 0.493 e. The first-order valence-electron chi connectivity index (χ1n) is 5.81. The quantitative estimate of drug-likeness (QED) is 0.509. The molecular weight excluding hydrogens is 319 g/mol. The van der Waals surface area contributed by atoms with Gasteiger partial charge in [-0.25, -0.2) is 0 Å². The summed E-state index contributed by atoms with van der Waals surface area (Å²) in [6, 6.07) is 5.82. The molecule has 102 valence electrons. The van der Waals surface area contributed by atoms with Crippen molar-refractivity contribution < 1.29 is 14.2 Å². The molecule has 0 amide bonds. The fourth-order valence-electron chi connectivity index (χ4n) is 1.34. The van der Waals surface area contributed by atoms with Gasteiger partial charge in [-0.1, -0.05) is 15.9 Å². The molecule has 0 aromatic heterocycles. The first-order valence-corrected chi connectivity index (χ1v) is 7.14. The van der Waals surface area contributed by atoms with E-state index < -0.39 is 0 Å². The normalized spacial score (nSPS) is 10.6. The van der Waals surface area contributed by atoms with Crippen molar-refractivity contribution in [2.75, 3.05) is 33.5 Å². The predicted molar refractivity (Wildman–Crippen MR) is 76.5 cm³/mol. The third kappa shape index (κ3) is 6.05. The molecule has 1 aromatic carbocycles. The zero-order valence-corrected chi connectivity index (χ0v) is 12.8. The van der Waals surface area contributed by atoms with E-state index in [-0.39, 0.29) is 0 Å². The maximum atomic E-state index is 5.82. The Morgan fingerprint density at radius 3 is 2.72 bits per heavy atom. The Balaban J connectivity index is 2.19. The Labute approximate surface area is 121 Å². The Kier molecular flexibility index (Phi) is 8.42. The summed E-state index contributed by atoms with van der Waals surface area (Å²) < 4.78 is 16.9. The SMILES string of the molecule is COCCOCCCOc1ccc(Br)c(CCl)c1. The van der Waals surface area contributed by atoms with E-state index in [0.717, 1.165) is 22.2 Å². The van der Waals surface area contributed by atoms with Gasteiger partial charge in [0, 0.05) is 30.5 Å². The minimum Gasteiger partial charge on any atom is -0.493 e. The Morgan fingerprint density at radius 1 is 1.17 bits per heavy atom. The topological polar surface area (TPSA) is 27.7 Å². The molecule has 0 unspecified atom stereocenters. The number of hydrogen-bond acceptors (Lipinski definition) is 3. The minimum atomic E-state index is 0.470. The van der Waals surface area contributed by atoms with Crippen molar-refractivity contribution in [1.29, 1.82) is 0 Å². The van der Waals surface area contributed by atoms with Gasteiger partial charge >= 0.3 is 0 Å². The lowest BCUT2D eigenvalue weighted by atomic mass is 10.2. The molecular formula is C13H18BrClO3. The summed E-state index contributed by atoms with van der Waals surface area (Å²) in [5.74, 6) is 1.31. The number of benzene rings is 1. The first-order chi connectivity index (χ1) is 8.77. The van der Waals surface area contributed by atoms with Crippen LogP contribution in [0, 0.1) is 0 Å². The van der Waals surface area contributed by atoms with Crippen molar-refractivity contribution in [1.82, 2.24) is 0 Å². The van der Waals surface area contributed by atoms with Crippen molar-refractivity contribution in [3.63, 3.8) is 0 Å². The summed E-state index contributed by atoms with van der Waals surface area (Å²) in [6.45, 7) is 2.58. The summed E-state index contributed by atoms with van der Waals surface area (Å²) in [5, 5.41) is 0. The Bertz CT molecular complexity index is 347. The van der Waals surface area contributed by atoms with E-state index in [0.29, 0.717) is 32.3 Å². The smallest absolute Gasteiger partial charge is 0.119 e. The maximum Gasteiger partial charge on any atom is 0.119 e. The van der Waals surface area contributed by atoms with Gasteiger partial charge in [0.1, 0.15) is 5.75 Å². The molecule has 0 atom stereocenters. The second-order valence-electron chi connectivity index (χ2n) is 3.69. The number of halogens is 2.